The van der Waals surface area contributed by atoms with Gasteiger partial charge >= 0.3 is 0 Å². The molecule has 0 saturated carbocycles. The smallest absolute Gasteiger partial charge is 0.210 e. The van der Waals surface area contributed by atoms with Gasteiger partial charge in [-0.1, -0.05) is 40.7 Å². The van der Waals surface area contributed by atoms with Gasteiger partial charge < -0.3 is 28.6 Å². The van der Waals surface area contributed by atoms with E-state index in [1.807, 2.05) is 0 Å². The molecule has 61 heavy (non-hydrogen) atoms. The van der Waals surface area contributed by atoms with Crippen molar-refractivity contribution in [1.29, 1.82) is 0 Å². The van der Waals surface area contributed by atoms with Crippen molar-refractivity contribution < 1.29 is 32.8 Å². The fourth-order valence-electron chi connectivity index (χ4n) is 9.34. The molecule has 0 N–H and O–H groups in total. The quantitative estimate of drug-likeness (QED) is 0.0998. The van der Waals surface area contributed by atoms with Crippen LogP contribution in [0.2, 0.25) is 0 Å². The Morgan fingerprint density at radius 3 is 2.07 bits per heavy atom. The maximum absolute atomic E-state index is 7.52. The lowest BCUT2D eigenvalue weighted by atomic mass is 9.80. The van der Waals surface area contributed by atoms with E-state index in [-0.39, 0.29) is 22.3 Å². The molecule has 8 heteroatoms. The molecule has 1 unspecified atom stereocenters. The van der Waals surface area contributed by atoms with E-state index in [9.17, 15) is 0 Å². The summed E-state index contributed by atoms with van der Waals surface area (Å²) < 4.78 is 34.7. The van der Waals surface area contributed by atoms with E-state index in [1.165, 1.54) is 50.6 Å². The molecule has 2 aromatic carbocycles. The zero-order chi connectivity index (χ0) is 44.1. The fourth-order valence-corrected chi connectivity index (χ4v) is 9.34. The number of allylic oxidation sites excluding steroid dienone is 7. The number of ether oxygens (including phenoxy) is 5. The van der Waals surface area contributed by atoms with Crippen molar-refractivity contribution in [2.24, 2.45) is 5.41 Å². The molecular formula is C53H73N3O5+2. The lowest BCUT2D eigenvalue weighted by Crippen LogP contribution is -2.35. The second kappa shape index (κ2) is 19.2. The monoisotopic (exact) mass is 832 g/mol. The van der Waals surface area contributed by atoms with Crippen LogP contribution in [0.3, 0.4) is 0 Å². The van der Waals surface area contributed by atoms with E-state index in [0.717, 1.165) is 62.5 Å². The van der Waals surface area contributed by atoms with Crippen molar-refractivity contribution in [2.45, 2.75) is 117 Å². The Morgan fingerprint density at radius 1 is 0.770 bits per heavy atom. The number of anilines is 1. The molecular weight excluding hydrogens is 759 g/mol. The van der Waals surface area contributed by atoms with Crippen molar-refractivity contribution in [3.8, 4) is 11.5 Å². The SMILES string of the molecule is COCCCN1/C(=C/C=C2\CCCC(/C=C/C3=[N+](CCCOC)c4ccc(OC)cc4C3(C)C)=C2OC(c2cc[n+](C(C)C)cc2)C(C)(C)C)C(C)(C)c2cc(OC)ccc21. The normalized spacial score (nSPS) is 19.1. The first-order valence-corrected chi connectivity index (χ1v) is 22.3. The number of rotatable bonds is 17. The van der Waals surface area contributed by atoms with E-state index in [2.05, 4.69) is 162 Å². The first kappa shape index (κ1) is 45.9. The van der Waals surface area contributed by atoms with Crippen molar-refractivity contribution in [2.75, 3.05) is 59.6 Å². The predicted molar refractivity (Wildman–Crippen MR) is 249 cm³/mol. The molecule has 3 heterocycles. The molecule has 0 fully saturated rings. The number of aromatic nitrogens is 1. The first-order chi connectivity index (χ1) is 29.1. The highest BCUT2D eigenvalue weighted by Crippen LogP contribution is 2.50. The van der Waals surface area contributed by atoms with Crippen molar-refractivity contribution in [3.63, 3.8) is 0 Å². The van der Waals surface area contributed by atoms with Crippen LogP contribution in [0.5, 0.6) is 11.5 Å². The summed E-state index contributed by atoms with van der Waals surface area (Å²) in [5.74, 6) is 2.74. The Morgan fingerprint density at radius 2 is 1.43 bits per heavy atom. The van der Waals surface area contributed by atoms with Gasteiger partial charge in [-0.25, -0.2) is 4.57 Å². The summed E-state index contributed by atoms with van der Waals surface area (Å²) in [4.78, 5) is 2.48. The highest BCUT2D eigenvalue weighted by Gasteiger charge is 2.45. The highest BCUT2D eigenvalue weighted by molar-refractivity contribution is 6.03. The number of hydrogen-bond donors (Lipinski definition) is 0. The third-order valence-electron chi connectivity index (χ3n) is 12.8. The summed E-state index contributed by atoms with van der Waals surface area (Å²) in [5, 5.41) is 0. The molecule has 6 rings (SSSR count). The number of pyridine rings is 1. The van der Waals surface area contributed by atoms with Crippen LogP contribution in [-0.4, -0.2) is 65.0 Å². The van der Waals surface area contributed by atoms with Crippen LogP contribution in [0.15, 0.2) is 108 Å². The van der Waals surface area contributed by atoms with Crippen LogP contribution in [0, 0.1) is 5.41 Å². The van der Waals surface area contributed by atoms with Gasteiger partial charge in [-0.05, 0) is 113 Å². The number of hydrogen-bond acceptors (Lipinski definition) is 6. The molecule has 0 amide bonds. The van der Waals surface area contributed by atoms with Gasteiger partial charge in [0.1, 0.15) is 23.4 Å². The summed E-state index contributed by atoms with van der Waals surface area (Å²) in [5.41, 5.74) is 10.5. The summed E-state index contributed by atoms with van der Waals surface area (Å²) in [6, 6.07) is 17.8. The summed E-state index contributed by atoms with van der Waals surface area (Å²) in [6.45, 7) is 23.7. The molecule has 1 aliphatic carbocycles. The Bertz CT molecular complexity index is 2180. The lowest BCUT2D eigenvalue weighted by molar-refractivity contribution is -0.716. The number of methoxy groups -OCH3 is 4. The van der Waals surface area contributed by atoms with Gasteiger partial charge in [0.2, 0.25) is 5.69 Å². The Kier molecular flexibility index (Phi) is 14.4. The predicted octanol–water partition coefficient (Wildman–Crippen LogP) is 11.4. The van der Waals surface area contributed by atoms with Crippen LogP contribution in [-0.2, 0) is 25.0 Å². The molecule has 2 aliphatic heterocycles. The maximum atomic E-state index is 7.52. The van der Waals surface area contributed by atoms with Crippen LogP contribution >= 0.6 is 0 Å². The number of fused-ring (bicyclic) bond motifs is 2. The summed E-state index contributed by atoms with van der Waals surface area (Å²) in [7, 11) is 7.04. The summed E-state index contributed by atoms with van der Waals surface area (Å²) in [6.07, 6.45) is 18.4. The molecule has 1 aromatic heterocycles. The first-order valence-electron chi connectivity index (χ1n) is 22.3. The maximum Gasteiger partial charge on any atom is 0.210 e. The van der Waals surface area contributed by atoms with Gasteiger partial charge in [0.25, 0.3) is 0 Å². The number of benzene rings is 2. The van der Waals surface area contributed by atoms with Crippen molar-refractivity contribution in [1.82, 2.24) is 0 Å². The topological polar surface area (TPSA) is 56.3 Å². The minimum Gasteiger partial charge on any atom is -0.497 e. The molecule has 3 aliphatic rings. The average Bonchev–Trinajstić information content (AvgIpc) is 3.58. The van der Waals surface area contributed by atoms with Gasteiger partial charge in [0, 0.05) is 91.4 Å². The van der Waals surface area contributed by atoms with Crippen LogP contribution in [0.4, 0.5) is 11.4 Å². The minimum absolute atomic E-state index is 0.176. The van der Waals surface area contributed by atoms with Crippen molar-refractivity contribution in [3.05, 3.63) is 125 Å². The second-order valence-corrected chi connectivity index (χ2v) is 19.2. The Balaban J connectivity index is 1.51. The number of nitrogens with zero attached hydrogens (tertiary/aromatic N) is 3. The van der Waals surface area contributed by atoms with E-state index in [1.54, 1.807) is 28.4 Å². The average molecular weight is 832 g/mol. The Hall–Kier alpha value is -4.66. The fraction of sp³-hybridized carbons (Fsp3) is 0.509. The van der Waals surface area contributed by atoms with Gasteiger partial charge in [-0.3, -0.25) is 0 Å². The Labute approximate surface area is 367 Å². The molecule has 0 bridgehead atoms. The molecule has 0 radical (unpaired) electrons. The van der Waals surface area contributed by atoms with E-state index in [4.69, 9.17) is 23.7 Å². The van der Waals surface area contributed by atoms with E-state index in [0.29, 0.717) is 19.3 Å². The zero-order valence-corrected chi connectivity index (χ0v) is 39.5. The largest absolute Gasteiger partial charge is 0.497 e. The van der Waals surface area contributed by atoms with E-state index < -0.39 is 0 Å². The molecule has 1 atom stereocenters. The molecule has 3 aromatic rings. The van der Waals surface area contributed by atoms with Crippen LogP contribution in [0.25, 0.3) is 0 Å². The third-order valence-corrected chi connectivity index (χ3v) is 12.8. The third kappa shape index (κ3) is 9.71. The molecule has 8 nitrogen and oxygen atoms in total. The second-order valence-electron chi connectivity index (χ2n) is 19.2. The van der Waals surface area contributed by atoms with E-state index >= 15 is 0 Å². The van der Waals surface area contributed by atoms with Gasteiger partial charge in [0.05, 0.1) is 26.2 Å². The standard InChI is InChI=1S/C53H73N3O5/c1-37(2)54-31-27-40(28-32-54)50(51(3,4)5)61-49-38(19-25-47-52(6,7)43-35-41(59-12)21-23-45(43)55(47)29-15-33-57-10)17-14-18-39(49)20-26-48-53(8,9)44-36-42(60-13)22-24-46(44)56(48)30-16-34-58-11/h19-28,31-32,35-37,50H,14-18,29-30,33-34H2,1-13H3/q+2. The highest BCUT2D eigenvalue weighted by atomic mass is 16.5. The minimum atomic E-state index is -0.241. The van der Waals surface area contributed by atoms with Crippen LogP contribution < -0.4 is 18.9 Å². The van der Waals surface area contributed by atoms with Gasteiger partial charge in [0.15, 0.2) is 30.7 Å². The van der Waals surface area contributed by atoms with Crippen LogP contribution in [0.1, 0.15) is 123 Å². The lowest BCUT2D eigenvalue weighted by Gasteiger charge is -2.35. The molecule has 0 spiro atoms. The van der Waals surface area contributed by atoms with Crippen molar-refractivity contribution >= 4 is 17.1 Å². The van der Waals surface area contributed by atoms with Gasteiger partial charge in [-0.2, -0.15) is 4.58 Å². The summed E-state index contributed by atoms with van der Waals surface area (Å²) >= 11 is 0. The van der Waals surface area contributed by atoms with Gasteiger partial charge in [-0.15, -0.1) is 0 Å². The molecule has 328 valence electrons. The zero-order valence-electron chi connectivity index (χ0n) is 39.5. The molecule has 0 saturated heterocycles.